The van der Waals surface area contributed by atoms with Gasteiger partial charge in [0, 0.05) is 13.1 Å². The van der Waals surface area contributed by atoms with Crippen LogP contribution in [0.3, 0.4) is 0 Å². The Hall–Kier alpha value is -0.650. The Morgan fingerprint density at radius 1 is 1.55 bits per heavy atom. The molecule has 11 heavy (non-hydrogen) atoms. The molecule has 5 heteroatoms. The number of hydrogen-bond acceptors (Lipinski definition) is 4. The van der Waals surface area contributed by atoms with Crippen LogP contribution in [0.2, 0.25) is 0 Å². The summed E-state index contributed by atoms with van der Waals surface area (Å²) in [5, 5.41) is 10.2. The highest BCUT2D eigenvalue weighted by Gasteiger charge is 2.09. The third-order valence-electron chi connectivity index (χ3n) is 1.46. The van der Waals surface area contributed by atoms with Crippen LogP contribution in [0.4, 0.5) is 0 Å². The Morgan fingerprint density at radius 3 is 2.73 bits per heavy atom. The molecule has 64 valence electrons. The second-order valence-corrected chi connectivity index (χ2v) is 2.33. The fourth-order valence-electron chi connectivity index (χ4n) is 0.901. The Morgan fingerprint density at radius 2 is 2.18 bits per heavy atom. The number of aliphatic carboxylic acids is 1. The topological polar surface area (TPSA) is 61.8 Å². The Kier molecular flexibility index (Phi) is 3.28. The van der Waals surface area contributed by atoms with E-state index in [-0.39, 0.29) is 6.54 Å². The molecule has 0 amide bonds. The van der Waals surface area contributed by atoms with Crippen LogP contribution in [-0.4, -0.2) is 48.9 Å². The molecule has 0 unspecified atom stereocenters. The molecule has 0 aromatic heterocycles. The number of carboxylic acid groups (broad SMARTS) is 1. The lowest BCUT2D eigenvalue weighted by Crippen LogP contribution is -2.47. The van der Waals surface area contributed by atoms with Crippen LogP contribution in [-0.2, 0) is 9.53 Å². The number of ether oxygens (including phenoxy) is 1. The summed E-state index contributed by atoms with van der Waals surface area (Å²) >= 11 is 0. The Bertz CT molecular complexity index is 134. The summed E-state index contributed by atoms with van der Waals surface area (Å²) in [5.41, 5.74) is 2.77. The van der Waals surface area contributed by atoms with Crippen LogP contribution in [0.5, 0.6) is 0 Å². The summed E-state index contributed by atoms with van der Waals surface area (Å²) in [6.45, 7) is 2.85. The molecular formula is C6H12N2O3. The molecule has 5 nitrogen and oxygen atoms in total. The van der Waals surface area contributed by atoms with Gasteiger partial charge in [0.25, 0.3) is 0 Å². The predicted octanol–water partition coefficient (Wildman–Crippen LogP) is -1.09. The largest absolute Gasteiger partial charge is 0.480 e. The Balaban J connectivity index is 2.09. The molecule has 0 radical (unpaired) electrons. The predicted molar refractivity (Wildman–Crippen MR) is 38.0 cm³/mol. The van der Waals surface area contributed by atoms with Gasteiger partial charge in [0.1, 0.15) is 6.54 Å². The van der Waals surface area contributed by atoms with E-state index < -0.39 is 5.97 Å². The number of morpholine rings is 1. The van der Waals surface area contributed by atoms with Crippen LogP contribution in [0.1, 0.15) is 0 Å². The standard InChI is InChI=1S/C6H12N2O3/c9-6(10)5-7-8-1-3-11-4-2-8/h7H,1-5H2,(H,9,10). The number of hydrazine groups is 1. The molecule has 1 aliphatic heterocycles. The molecule has 2 N–H and O–H groups in total. The summed E-state index contributed by atoms with van der Waals surface area (Å²) in [5.74, 6) is -0.837. The van der Waals surface area contributed by atoms with Gasteiger partial charge < -0.3 is 9.84 Å². The molecule has 0 saturated carbocycles. The van der Waals surface area contributed by atoms with Crippen LogP contribution in [0, 0.1) is 0 Å². The van der Waals surface area contributed by atoms with Crippen molar-refractivity contribution in [2.75, 3.05) is 32.8 Å². The third kappa shape index (κ3) is 3.31. The van der Waals surface area contributed by atoms with Crippen molar-refractivity contribution in [2.24, 2.45) is 0 Å². The molecule has 0 aromatic carbocycles. The van der Waals surface area contributed by atoms with Gasteiger partial charge in [0.15, 0.2) is 0 Å². The first-order chi connectivity index (χ1) is 5.29. The highest BCUT2D eigenvalue weighted by molar-refractivity contribution is 5.68. The van der Waals surface area contributed by atoms with E-state index in [0.29, 0.717) is 13.2 Å². The zero-order chi connectivity index (χ0) is 8.10. The van der Waals surface area contributed by atoms with Gasteiger partial charge in [-0.3, -0.25) is 4.79 Å². The lowest BCUT2D eigenvalue weighted by Gasteiger charge is -2.26. The van der Waals surface area contributed by atoms with Crippen molar-refractivity contribution in [3.05, 3.63) is 0 Å². The second-order valence-electron chi connectivity index (χ2n) is 2.33. The summed E-state index contributed by atoms with van der Waals surface area (Å²) in [6.07, 6.45) is 0. The first-order valence-corrected chi connectivity index (χ1v) is 3.57. The SMILES string of the molecule is O=C(O)CNN1CCOCC1. The normalized spacial score (nSPS) is 20.0. The van der Waals surface area contributed by atoms with E-state index >= 15 is 0 Å². The molecule has 0 spiro atoms. The van der Waals surface area contributed by atoms with Crippen molar-refractivity contribution >= 4 is 5.97 Å². The van der Waals surface area contributed by atoms with Gasteiger partial charge in [0.05, 0.1) is 13.2 Å². The number of carboxylic acids is 1. The number of hydrogen-bond donors (Lipinski definition) is 2. The molecule has 0 aromatic rings. The summed E-state index contributed by atoms with van der Waals surface area (Å²) in [4.78, 5) is 10.1. The van der Waals surface area contributed by atoms with Crippen molar-refractivity contribution in [1.29, 1.82) is 0 Å². The van der Waals surface area contributed by atoms with Crippen molar-refractivity contribution in [3.8, 4) is 0 Å². The average Bonchev–Trinajstić information content (AvgIpc) is 2.03. The van der Waals surface area contributed by atoms with E-state index in [2.05, 4.69) is 5.43 Å². The summed E-state index contributed by atoms with van der Waals surface area (Å²) in [7, 11) is 0. The van der Waals surface area contributed by atoms with Gasteiger partial charge in [-0.25, -0.2) is 10.4 Å². The molecule has 1 fully saturated rings. The van der Waals surface area contributed by atoms with Crippen LogP contribution >= 0.6 is 0 Å². The summed E-state index contributed by atoms with van der Waals surface area (Å²) < 4.78 is 5.08. The van der Waals surface area contributed by atoms with E-state index in [1.807, 2.05) is 5.01 Å². The van der Waals surface area contributed by atoms with Crippen molar-refractivity contribution in [1.82, 2.24) is 10.4 Å². The van der Waals surface area contributed by atoms with Crippen LogP contribution in [0.15, 0.2) is 0 Å². The van der Waals surface area contributed by atoms with E-state index in [1.165, 1.54) is 0 Å². The fourth-order valence-corrected chi connectivity index (χ4v) is 0.901. The lowest BCUT2D eigenvalue weighted by molar-refractivity contribution is -0.137. The smallest absolute Gasteiger partial charge is 0.318 e. The highest BCUT2D eigenvalue weighted by Crippen LogP contribution is 1.90. The quantitative estimate of drug-likeness (QED) is 0.549. The van der Waals surface area contributed by atoms with Crippen molar-refractivity contribution in [3.63, 3.8) is 0 Å². The molecule has 1 aliphatic rings. The number of rotatable bonds is 3. The minimum Gasteiger partial charge on any atom is -0.480 e. The number of carbonyl (C=O) groups is 1. The van der Waals surface area contributed by atoms with Gasteiger partial charge in [-0.2, -0.15) is 0 Å². The maximum absolute atomic E-state index is 10.1. The van der Waals surface area contributed by atoms with Gasteiger partial charge in [-0.15, -0.1) is 0 Å². The lowest BCUT2D eigenvalue weighted by atomic mass is 10.5. The van der Waals surface area contributed by atoms with E-state index in [4.69, 9.17) is 9.84 Å². The maximum Gasteiger partial charge on any atom is 0.318 e. The molecule has 1 heterocycles. The van der Waals surface area contributed by atoms with E-state index in [1.54, 1.807) is 0 Å². The van der Waals surface area contributed by atoms with Crippen LogP contribution in [0.25, 0.3) is 0 Å². The summed E-state index contributed by atoms with van der Waals surface area (Å²) in [6, 6.07) is 0. The first kappa shape index (κ1) is 8.45. The third-order valence-corrected chi connectivity index (χ3v) is 1.46. The van der Waals surface area contributed by atoms with Gasteiger partial charge in [-0.1, -0.05) is 0 Å². The average molecular weight is 160 g/mol. The van der Waals surface area contributed by atoms with E-state index in [0.717, 1.165) is 13.1 Å². The van der Waals surface area contributed by atoms with Gasteiger partial charge in [-0.05, 0) is 0 Å². The fraction of sp³-hybridized carbons (Fsp3) is 0.833. The molecule has 1 rings (SSSR count). The highest BCUT2D eigenvalue weighted by atomic mass is 16.5. The van der Waals surface area contributed by atoms with Crippen molar-refractivity contribution < 1.29 is 14.6 Å². The van der Waals surface area contributed by atoms with Crippen molar-refractivity contribution in [2.45, 2.75) is 0 Å². The molecule has 0 atom stereocenters. The Labute approximate surface area is 64.9 Å². The second kappa shape index (κ2) is 4.27. The monoisotopic (exact) mass is 160 g/mol. The zero-order valence-corrected chi connectivity index (χ0v) is 6.25. The van der Waals surface area contributed by atoms with Gasteiger partial charge in [0.2, 0.25) is 0 Å². The van der Waals surface area contributed by atoms with Crippen LogP contribution < -0.4 is 5.43 Å². The maximum atomic E-state index is 10.1. The number of nitrogens with zero attached hydrogens (tertiary/aromatic N) is 1. The molecular weight excluding hydrogens is 148 g/mol. The van der Waals surface area contributed by atoms with E-state index in [9.17, 15) is 4.79 Å². The van der Waals surface area contributed by atoms with Gasteiger partial charge >= 0.3 is 5.97 Å². The zero-order valence-electron chi connectivity index (χ0n) is 6.25. The first-order valence-electron chi connectivity index (χ1n) is 3.57. The minimum atomic E-state index is -0.837. The molecule has 0 bridgehead atoms. The molecule has 0 aliphatic carbocycles. The molecule has 1 saturated heterocycles. The minimum absolute atomic E-state index is 0.0139. The number of nitrogens with one attached hydrogen (secondary N) is 1.